The largest absolute Gasteiger partial charge is 0.315 e. The number of hydrogen-bond donors (Lipinski definition) is 1. The van der Waals surface area contributed by atoms with Gasteiger partial charge in [-0.15, -0.1) is 11.3 Å². The third-order valence-corrected chi connectivity index (χ3v) is 4.03. The van der Waals surface area contributed by atoms with Gasteiger partial charge in [-0.25, -0.2) is 4.39 Å². The van der Waals surface area contributed by atoms with Gasteiger partial charge in [-0.1, -0.05) is 6.07 Å². The first-order valence-electron chi connectivity index (χ1n) is 5.62. The van der Waals surface area contributed by atoms with E-state index in [4.69, 9.17) is 0 Å². The first-order chi connectivity index (χ1) is 8.11. The Morgan fingerprint density at radius 1 is 1.18 bits per heavy atom. The van der Waals surface area contributed by atoms with Gasteiger partial charge in [0.1, 0.15) is 5.82 Å². The van der Waals surface area contributed by atoms with E-state index in [1.807, 2.05) is 20.0 Å². The maximum absolute atomic E-state index is 13.3. The van der Waals surface area contributed by atoms with E-state index in [2.05, 4.69) is 18.3 Å². The molecule has 0 amide bonds. The second kappa shape index (κ2) is 4.98. The molecule has 0 unspecified atom stereocenters. The Labute approximate surface area is 105 Å². The number of rotatable bonds is 3. The van der Waals surface area contributed by atoms with Gasteiger partial charge in [0.25, 0.3) is 0 Å². The number of nitrogens with one attached hydrogen (secondary N) is 1. The predicted molar refractivity (Wildman–Crippen MR) is 72.0 cm³/mol. The Hall–Kier alpha value is -1.19. The molecular formula is C14H16FNS. The van der Waals surface area contributed by atoms with Gasteiger partial charge in [-0.05, 0) is 55.8 Å². The van der Waals surface area contributed by atoms with Crippen molar-refractivity contribution in [2.24, 2.45) is 0 Å². The molecule has 0 aliphatic carbocycles. The lowest BCUT2D eigenvalue weighted by atomic mass is 10.0. The van der Waals surface area contributed by atoms with Crippen LogP contribution in [0.1, 0.15) is 16.0 Å². The molecule has 2 aromatic rings. The summed E-state index contributed by atoms with van der Waals surface area (Å²) >= 11 is 1.73. The maximum atomic E-state index is 13.3. The Morgan fingerprint density at radius 2 is 1.94 bits per heavy atom. The Morgan fingerprint density at radius 3 is 2.65 bits per heavy atom. The fourth-order valence-electron chi connectivity index (χ4n) is 1.92. The van der Waals surface area contributed by atoms with E-state index in [-0.39, 0.29) is 5.82 Å². The Balaban J connectivity index is 2.48. The highest BCUT2D eigenvalue weighted by atomic mass is 32.1. The van der Waals surface area contributed by atoms with Gasteiger partial charge in [0, 0.05) is 16.3 Å². The summed E-state index contributed by atoms with van der Waals surface area (Å²) in [6.07, 6.45) is 0. The molecule has 0 radical (unpaired) electrons. The molecule has 0 spiro atoms. The summed E-state index contributed by atoms with van der Waals surface area (Å²) < 4.78 is 13.3. The molecule has 0 saturated carbocycles. The van der Waals surface area contributed by atoms with Crippen LogP contribution < -0.4 is 5.32 Å². The molecule has 0 atom stereocenters. The van der Waals surface area contributed by atoms with Crippen molar-refractivity contribution < 1.29 is 4.39 Å². The van der Waals surface area contributed by atoms with Crippen molar-refractivity contribution in [3.63, 3.8) is 0 Å². The summed E-state index contributed by atoms with van der Waals surface area (Å²) in [4.78, 5) is 2.45. The third kappa shape index (κ3) is 2.56. The van der Waals surface area contributed by atoms with Gasteiger partial charge in [-0.2, -0.15) is 0 Å². The summed E-state index contributed by atoms with van der Waals surface area (Å²) in [6.45, 7) is 4.96. The average Bonchev–Trinajstić information content (AvgIpc) is 2.64. The van der Waals surface area contributed by atoms with E-state index in [1.165, 1.54) is 21.4 Å². The van der Waals surface area contributed by atoms with Crippen LogP contribution in [0.2, 0.25) is 0 Å². The third-order valence-electron chi connectivity index (χ3n) is 2.76. The summed E-state index contributed by atoms with van der Waals surface area (Å²) in [5, 5.41) is 3.14. The quantitative estimate of drug-likeness (QED) is 0.870. The molecule has 0 saturated heterocycles. The van der Waals surface area contributed by atoms with Crippen molar-refractivity contribution in [2.75, 3.05) is 7.05 Å². The molecule has 0 bridgehead atoms. The monoisotopic (exact) mass is 249 g/mol. The molecule has 1 aromatic carbocycles. The topological polar surface area (TPSA) is 12.0 Å². The molecule has 0 fully saturated rings. The van der Waals surface area contributed by atoms with Crippen molar-refractivity contribution in [3.8, 4) is 10.4 Å². The van der Waals surface area contributed by atoms with Gasteiger partial charge in [0.15, 0.2) is 0 Å². The number of halogens is 1. The van der Waals surface area contributed by atoms with Crippen LogP contribution in [0.25, 0.3) is 10.4 Å². The van der Waals surface area contributed by atoms with Gasteiger partial charge in [-0.3, -0.25) is 0 Å². The standard InChI is InChI=1S/C14H16FNS/c1-9-4-5-11(15)7-13(9)14-10(2)6-12(17-14)8-16-3/h4-7,16H,8H2,1-3H3. The first kappa shape index (κ1) is 12.3. The number of hydrogen-bond acceptors (Lipinski definition) is 2. The Kier molecular flexibility index (Phi) is 3.60. The van der Waals surface area contributed by atoms with Crippen LogP contribution in [0.5, 0.6) is 0 Å². The van der Waals surface area contributed by atoms with Crippen LogP contribution in [-0.4, -0.2) is 7.05 Å². The van der Waals surface area contributed by atoms with E-state index >= 15 is 0 Å². The summed E-state index contributed by atoms with van der Waals surface area (Å²) in [7, 11) is 1.93. The number of aryl methyl sites for hydroxylation is 2. The minimum Gasteiger partial charge on any atom is -0.315 e. The van der Waals surface area contributed by atoms with Crippen LogP contribution in [0, 0.1) is 19.7 Å². The molecule has 0 aliphatic heterocycles. The van der Waals surface area contributed by atoms with Crippen molar-refractivity contribution in [3.05, 3.63) is 46.1 Å². The van der Waals surface area contributed by atoms with Gasteiger partial charge >= 0.3 is 0 Å². The SMILES string of the molecule is CNCc1cc(C)c(-c2cc(F)ccc2C)s1. The first-order valence-corrected chi connectivity index (χ1v) is 6.44. The molecule has 2 rings (SSSR count). The fraction of sp³-hybridized carbons (Fsp3) is 0.286. The molecule has 0 aliphatic rings. The van der Waals surface area contributed by atoms with Crippen LogP contribution in [0.3, 0.4) is 0 Å². The highest BCUT2D eigenvalue weighted by Crippen LogP contribution is 2.34. The van der Waals surface area contributed by atoms with Crippen LogP contribution in [0.15, 0.2) is 24.3 Å². The highest BCUT2D eigenvalue weighted by molar-refractivity contribution is 7.15. The van der Waals surface area contributed by atoms with E-state index in [0.717, 1.165) is 17.7 Å². The van der Waals surface area contributed by atoms with Crippen molar-refractivity contribution in [2.45, 2.75) is 20.4 Å². The highest BCUT2D eigenvalue weighted by Gasteiger charge is 2.10. The van der Waals surface area contributed by atoms with Crippen molar-refractivity contribution >= 4 is 11.3 Å². The van der Waals surface area contributed by atoms with E-state index < -0.39 is 0 Å². The Bertz CT molecular complexity index is 531. The lowest BCUT2D eigenvalue weighted by Crippen LogP contribution is -2.02. The zero-order valence-electron chi connectivity index (χ0n) is 10.3. The summed E-state index contributed by atoms with van der Waals surface area (Å²) in [6, 6.07) is 7.13. The molecule has 1 nitrogen and oxygen atoms in total. The minimum absolute atomic E-state index is 0.173. The number of thiophene rings is 1. The maximum Gasteiger partial charge on any atom is 0.123 e. The second-order valence-corrected chi connectivity index (χ2v) is 5.35. The lowest BCUT2D eigenvalue weighted by molar-refractivity contribution is 0.628. The van der Waals surface area contributed by atoms with Crippen LogP contribution in [-0.2, 0) is 6.54 Å². The molecular weight excluding hydrogens is 233 g/mol. The zero-order valence-corrected chi connectivity index (χ0v) is 11.1. The van der Waals surface area contributed by atoms with E-state index in [1.54, 1.807) is 17.4 Å². The second-order valence-electron chi connectivity index (χ2n) is 4.21. The molecule has 1 heterocycles. The molecule has 3 heteroatoms. The predicted octanol–water partition coefficient (Wildman–Crippen LogP) is 3.89. The van der Waals surface area contributed by atoms with Crippen molar-refractivity contribution in [1.82, 2.24) is 5.32 Å². The van der Waals surface area contributed by atoms with E-state index in [9.17, 15) is 4.39 Å². The normalized spacial score (nSPS) is 10.8. The van der Waals surface area contributed by atoms with Gasteiger partial charge in [0.05, 0.1) is 0 Å². The smallest absolute Gasteiger partial charge is 0.123 e. The fourth-order valence-corrected chi connectivity index (χ4v) is 3.18. The average molecular weight is 249 g/mol. The lowest BCUT2D eigenvalue weighted by Gasteiger charge is -2.04. The van der Waals surface area contributed by atoms with Crippen LogP contribution >= 0.6 is 11.3 Å². The van der Waals surface area contributed by atoms with Crippen LogP contribution in [0.4, 0.5) is 4.39 Å². The minimum atomic E-state index is -0.173. The molecule has 17 heavy (non-hydrogen) atoms. The zero-order chi connectivity index (χ0) is 12.4. The summed E-state index contributed by atoms with van der Waals surface area (Å²) in [5.74, 6) is -0.173. The molecule has 1 aromatic heterocycles. The molecule has 1 N–H and O–H groups in total. The van der Waals surface area contributed by atoms with Crippen molar-refractivity contribution in [1.29, 1.82) is 0 Å². The summed E-state index contributed by atoms with van der Waals surface area (Å²) in [5.41, 5.74) is 3.34. The molecule has 90 valence electrons. The van der Waals surface area contributed by atoms with Gasteiger partial charge in [0.2, 0.25) is 0 Å². The number of benzene rings is 1. The van der Waals surface area contributed by atoms with Gasteiger partial charge < -0.3 is 5.32 Å². The van der Waals surface area contributed by atoms with E-state index in [0.29, 0.717) is 0 Å².